The van der Waals surface area contributed by atoms with Crippen molar-refractivity contribution in [3.05, 3.63) is 23.8 Å². The molecule has 4 unspecified atom stereocenters. The number of aliphatic hydroxyl groups is 6. The van der Waals surface area contributed by atoms with Gasteiger partial charge in [0.05, 0.1) is 84.8 Å². The molecular formula is C34H56N6O15. The lowest BCUT2D eigenvalue weighted by Gasteiger charge is -2.45. The molecule has 21 nitrogen and oxygen atoms in total. The van der Waals surface area contributed by atoms with E-state index in [9.17, 15) is 30.6 Å². The number of aliphatic hydroxyl groups excluding tert-OH is 4. The molecule has 4 aliphatic rings. The lowest BCUT2D eigenvalue weighted by Crippen LogP contribution is -2.62. The van der Waals surface area contributed by atoms with Gasteiger partial charge in [-0.2, -0.15) is 0 Å². The first-order valence-electron chi connectivity index (χ1n) is 18.4. The van der Waals surface area contributed by atoms with E-state index in [1.165, 1.54) is 9.36 Å². The van der Waals surface area contributed by atoms with E-state index in [1.54, 1.807) is 12.4 Å². The lowest BCUT2D eigenvalue weighted by atomic mass is 9.93. The van der Waals surface area contributed by atoms with Gasteiger partial charge in [0.2, 0.25) is 0 Å². The Morgan fingerprint density at radius 1 is 0.673 bits per heavy atom. The summed E-state index contributed by atoms with van der Waals surface area (Å²) in [5.41, 5.74) is 0.296. The molecule has 0 saturated carbocycles. The minimum atomic E-state index is -2.67. The molecule has 21 heteroatoms. The highest BCUT2D eigenvalue weighted by Crippen LogP contribution is 2.34. The number of nitrogens with zero attached hydrogens (tertiary/aromatic N) is 6. The second-order valence-electron chi connectivity index (χ2n) is 16.7. The van der Waals surface area contributed by atoms with Crippen LogP contribution >= 0.6 is 0 Å². The van der Waals surface area contributed by atoms with Crippen LogP contribution in [0.1, 0.15) is 59.4 Å². The number of hydrogen-bond acceptors (Lipinski definition) is 19. The highest BCUT2D eigenvalue weighted by atomic mass is 16.8. The van der Waals surface area contributed by atoms with E-state index >= 15 is 0 Å². The van der Waals surface area contributed by atoms with Crippen LogP contribution in [0.3, 0.4) is 0 Å². The fourth-order valence-electron chi connectivity index (χ4n) is 6.42. The van der Waals surface area contributed by atoms with Gasteiger partial charge in [0.1, 0.15) is 48.0 Å². The van der Waals surface area contributed by atoms with Crippen LogP contribution in [0, 0.1) is 10.8 Å². The maximum absolute atomic E-state index is 10.8. The summed E-state index contributed by atoms with van der Waals surface area (Å²) in [4.78, 5) is 0. The number of ether oxygens (including phenoxy) is 9. The van der Waals surface area contributed by atoms with Gasteiger partial charge in [0.25, 0.3) is 0 Å². The van der Waals surface area contributed by atoms with E-state index < -0.39 is 73.0 Å². The second kappa shape index (κ2) is 16.5. The van der Waals surface area contributed by atoms with Gasteiger partial charge in [-0.25, -0.2) is 9.36 Å². The Labute approximate surface area is 318 Å². The summed E-state index contributed by atoms with van der Waals surface area (Å²) >= 11 is 0. The highest BCUT2D eigenvalue weighted by molar-refractivity contribution is 4.96. The van der Waals surface area contributed by atoms with Crippen LogP contribution in [0.4, 0.5) is 0 Å². The van der Waals surface area contributed by atoms with Crippen LogP contribution < -0.4 is 0 Å². The van der Waals surface area contributed by atoms with Gasteiger partial charge in [0.15, 0.2) is 29.9 Å². The average Bonchev–Trinajstić information content (AvgIpc) is 3.76. The van der Waals surface area contributed by atoms with Crippen LogP contribution in [0.15, 0.2) is 12.4 Å². The first-order valence-corrected chi connectivity index (χ1v) is 18.4. The molecule has 6 N–H and O–H groups in total. The first kappa shape index (κ1) is 42.3. The predicted octanol–water partition coefficient (Wildman–Crippen LogP) is -1.84. The van der Waals surface area contributed by atoms with Gasteiger partial charge < -0.3 is 73.3 Å². The summed E-state index contributed by atoms with van der Waals surface area (Å²) in [5, 5.41) is 80.7. The van der Waals surface area contributed by atoms with Gasteiger partial charge in [-0.05, 0) is 27.7 Å². The van der Waals surface area contributed by atoms with Crippen molar-refractivity contribution < 1.29 is 73.3 Å². The maximum atomic E-state index is 10.8. The van der Waals surface area contributed by atoms with Gasteiger partial charge in [-0.1, -0.05) is 24.3 Å². The molecule has 6 rings (SSSR count). The third-order valence-electron chi connectivity index (χ3n) is 9.95. The molecule has 2 aromatic heterocycles. The molecule has 0 spiro atoms. The molecule has 4 aliphatic heterocycles. The Morgan fingerprint density at radius 3 is 1.64 bits per heavy atom. The summed E-state index contributed by atoms with van der Waals surface area (Å²) in [5.74, 6) is -3.96. The minimum Gasteiger partial charge on any atom is -0.388 e. The van der Waals surface area contributed by atoms with Crippen molar-refractivity contribution >= 4 is 0 Å². The summed E-state index contributed by atoms with van der Waals surface area (Å²) in [6, 6.07) is 0. The van der Waals surface area contributed by atoms with Crippen molar-refractivity contribution in [3.63, 3.8) is 0 Å². The second-order valence-corrected chi connectivity index (χ2v) is 16.7. The maximum Gasteiger partial charge on any atom is 0.197 e. The number of hydrogen-bond donors (Lipinski definition) is 6. The molecule has 0 radical (unpaired) electrons. The largest absolute Gasteiger partial charge is 0.388 e. The van der Waals surface area contributed by atoms with E-state index in [4.69, 9.17) is 42.6 Å². The van der Waals surface area contributed by atoms with Crippen LogP contribution in [0.2, 0.25) is 0 Å². The van der Waals surface area contributed by atoms with Gasteiger partial charge in [0, 0.05) is 10.8 Å². The quantitative estimate of drug-likeness (QED) is 0.115. The van der Waals surface area contributed by atoms with E-state index in [0.717, 1.165) is 0 Å². The molecule has 2 aromatic rings. The molecule has 55 heavy (non-hydrogen) atoms. The van der Waals surface area contributed by atoms with Crippen molar-refractivity contribution in [2.24, 2.45) is 10.8 Å². The molecule has 4 saturated heterocycles. The van der Waals surface area contributed by atoms with Crippen LogP contribution in [-0.2, 0) is 68.9 Å². The average molecular weight is 789 g/mol. The molecule has 312 valence electrons. The standard InChI is InChI=1S/C34H56N6O15/c1-30(2)49-16-32(5,17-50-30)14-47-12-20-8-39(37-35-20)10-22-25(41)26(42)27(43)29(54-22)55-24-7-34(45,46)28(44)23(53-24)11-40-9-21(36-38-40)13-48-15-33(6)18-51-31(3,4)52-19-33/h8-9,22-29,41-46H,7,10-19H2,1-6H3/t22?,23?,24-,25-,26?,27?,28-,29-/m1/s1. The topological polar surface area (TPSA) is 266 Å². The smallest absolute Gasteiger partial charge is 0.197 e. The Kier molecular flexibility index (Phi) is 12.7. The third kappa shape index (κ3) is 10.8. The lowest BCUT2D eigenvalue weighted by molar-refractivity contribution is -0.386. The summed E-state index contributed by atoms with van der Waals surface area (Å²) in [7, 11) is 0. The summed E-state index contributed by atoms with van der Waals surface area (Å²) in [6.07, 6.45) is -9.69. The zero-order valence-corrected chi connectivity index (χ0v) is 32.1. The van der Waals surface area contributed by atoms with Gasteiger partial charge in [-0.3, -0.25) is 0 Å². The van der Waals surface area contributed by atoms with Crippen LogP contribution in [0.25, 0.3) is 0 Å². The van der Waals surface area contributed by atoms with Crippen molar-refractivity contribution in [2.45, 2.75) is 141 Å². The van der Waals surface area contributed by atoms with Crippen molar-refractivity contribution in [1.82, 2.24) is 30.0 Å². The van der Waals surface area contributed by atoms with Gasteiger partial charge >= 0.3 is 0 Å². The van der Waals surface area contributed by atoms with E-state index in [1.807, 2.05) is 41.5 Å². The molecule has 6 heterocycles. The third-order valence-corrected chi connectivity index (χ3v) is 9.95. The molecule has 0 bridgehead atoms. The van der Waals surface area contributed by atoms with Gasteiger partial charge in [-0.15, -0.1) is 10.2 Å². The zero-order chi connectivity index (χ0) is 39.8. The van der Waals surface area contributed by atoms with E-state index in [0.29, 0.717) is 51.0 Å². The number of aromatic nitrogens is 6. The molecule has 0 aromatic carbocycles. The summed E-state index contributed by atoms with van der Waals surface area (Å²) < 4.78 is 55.0. The fraction of sp³-hybridized carbons (Fsp3) is 0.882. The molecular weight excluding hydrogens is 732 g/mol. The highest BCUT2D eigenvalue weighted by Gasteiger charge is 2.51. The first-order chi connectivity index (χ1) is 25.7. The predicted molar refractivity (Wildman–Crippen MR) is 182 cm³/mol. The monoisotopic (exact) mass is 788 g/mol. The Morgan fingerprint density at radius 2 is 1.15 bits per heavy atom. The minimum absolute atomic E-state index is 0.0968. The SMILES string of the molecule is CC1(COCc2cn(CC3O[C@H](O[C@@H]4CC(O)(O)[C@H](O)C(Cn5cc(COCC6(C)COC(C)(C)OC6)nn5)O4)C(O)C(O)[C@@H]3O)nn2)COC(C)(C)OC1. The zero-order valence-electron chi connectivity index (χ0n) is 32.1. The Hall–Kier alpha value is -2.32. The molecule has 0 amide bonds. The van der Waals surface area contributed by atoms with E-state index in [2.05, 4.69) is 20.6 Å². The molecule has 8 atom stereocenters. The normalized spacial score (nSPS) is 34.0. The fourth-order valence-corrected chi connectivity index (χ4v) is 6.42. The van der Waals surface area contributed by atoms with E-state index in [-0.39, 0.29) is 37.1 Å². The van der Waals surface area contributed by atoms with Crippen LogP contribution in [-0.4, -0.2) is 167 Å². The Bertz CT molecular complexity index is 1540. The van der Waals surface area contributed by atoms with Crippen molar-refractivity contribution in [2.75, 3.05) is 39.6 Å². The molecule has 0 aliphatic carbocycles. The molecule has 4 fully saturated rings. The number of rotatable bonds is 14. The summed E-state index contributed by atoms with van der Waals surface area (Å²) in [6.45, 7) is 14.0. The Balaban J connectivity index is 0.998. The van der Waals surface area contributed by atoms with Crippen LogP contribution in [0.5, 0.6) is 0 Å². The van der Waals surface area contributed by atoms with Crippen molar-refractivity contribution in [3.8, 4) is 0 Å². The van der Waals surface area contributed by atoms with Crippen molar-refractivity contribution in [1.29, 1.82) is 0 Å².